The molecule has 0 spiro atoms. The molecule has 2 N–H and O–H groups in total. The molecule has 0 aromatic heterocycles. The second-order valence-corrected chi connectivity index (χ2v) is 4.12. The molecule has 0 saturated carbocycles. The van der Waals surface area contributed by atoms with Crippen LogP contribution >= 0.6 is 0 Å². The zero-order valence-electron chi connectivity index (χ0n) is 7.70. The van der Waals surface area contributed by atoms with Gasteiger partial charge in [-0.3, -0.25) is 0 Å². The zero-order valence-corrected chi connectivity index (χ0v) is 7.70. The van der Waals surface area contributed by atoms with Gasteiger partial charge in [-0.2, -0.15) is 13.2 Å². The van der Waals surface area contributed by atoms with Gasteiger partial charge >= 0.3 is 6.18 Å². The molecule has 0 amide bonds. The normalized spacial score (nSPS) is 16.2. The SMILES string of the molecule is CC(C)(C)C(CN)CC(F)(F)F. The molecule has 0 aromatic carbocycles. The molecule has 1 nitrogen and oxygen atoms in total. The lowest BCUT2D eigenvalue weighted by molar-refractivity contribution is -0.151. The Kier molecular flexibility index (Phi) is 3.57. The van der Waals surface area contributed by atoms with Crippen LogP contribution in [-0.4, -0.2) is 12.7 Å². The van der Waals surface area contributed by atoms with Crippen LogP contribution < -0.4 is 5.73 Å². The van der Waals surface area contributed by atoms with Gasteiger partial charge < -0.3 is 5.73 Å². The predicted octanol–water partition coefficient (Wildman–Crippen LogP) is 2.56. The maximum Gasteiger partial charge on any atom is 0.389 e. The van der Waals surface area contributed by atoms with E-state index in [1.54, 1.807) is 20.8 Å². The van der Waals surface area contributed by atoms with E-state index in [9.17, 15) is 13.2 Å². The first-order chi connectivity index (χ1) is 5.17. The van der Waals surface area contributed by atoms with E-state index in [2.05, 4.69) is 0 Å². The van der Waals surface area contributed by atoms with Crippen molar-refractivity contribution >= 4 is 0 Å². The molecular formula is C8H16F3N. The highest BCUT2D eigenvalue weighted by Gasteiger charge is 2.36. The maximum absolute atomic E-state index is 12.0. The third kappa shape index (κ3) is 4.59. The van der Waals surface area contributed by atoms with E-state index in [0.29, 0.717) is 0 Å². The lowest BCUT2D eigenvalue weighted by Crippen LogP contribution is -2.32. The van der Waals surface area contributed by atoms with Crippen LogP contribution in [-0.2, 0) is 0 Å². The van der Waals surface area contributed by atoms with Crippen molar-refractivity contribution in [2.45, 2.75) is 33.4 Å². The Morgan fingerprint density at radius 3 is 1.67 bits per heavy atom. The number of halogens is 3. The first kappa shape index (κ1) is 11.8. The van der Waals surface area contributed by atoms with E-state index < -0.39 is 18.5 Å². The molecule has 4 heteroatoms. The summed E-state index contributed by atoms with van der Waals surface area (Å²) in [6.45, 7) is 5.41. The first-order valence-corrected chi connectivity index (χ1v) is 3.93. The molecule has 0 heterocycles. The smallest absolute Gasteiger partial charge is 0.330 e. The van der Waals surface area contributed by atoms with Gasteiger partial charge in [0.1, 0.15) is 0 Å². The van der Waals surface area contributed by atoms with Crippen LogP contribution in [0.1, 0.15) is 27.2 Å². The highest BCUT2D eigenvalue weighted by Crippen LogP contribution is 2.34. The first-order valence-electron chi connectivity index (χ1n) is 3.93. The van der Waals surface area contributed by atoms with Gasteiger partial charge in [0, 0.05) is 6.42 Å². The summed E-state index contributed by atoms with van der Waals surface area (Å²) in [6, 6.07) is 0. The highest BCUT2D eigenvalue weighted by molar-refractivity contribution is 4.77. The van der Waals surface area contributed by atoms with Gasteiger partial charge in [0.25, 0.3) is 0 Å². The molecule has 0 aliphatic heterocycles. The summed E-state index contributed by atoms with van der Waals surface area (Å²) in [5.74, 6) is -0.488. The van der Waals surface area contributed by atoms with Gasteiger partial charge in [0.2, 0.25) is 0 Å². The monoisotopic (exact) mass is 183 g/mol. The number of hydrogen-bond donors (Lipinski definition) is 1. The molecular weight excluding hydrogens is 167 g/mol. The summed E-state index contributed by atoms with van der Waals surface area (Å²) in [5.41, 5.74) is 4.90. The highest BCUT2D eigenvalue weighted by atomic mass is 19.4. The molecule has 0 aliphatic carbocycles. The van der Waals surface area contributed by atoms with Crippen molar-refractivity contribution in [1.29, 1.82) is 0 Å². The second-order valence-electron chi connectivity index (χ2n) is 4.12. The largest absolute Gasteiger partial charge is 0.389 e. The Morgan fingerprint density at radius 2 is 1.58 bits per heavy atom. The zero-order chi connectivity index (χ0) is 9.99. The predicted molar refractivity (Wildman–Crippen MR) is 42.7 cm³/mol. The topological polar surface area (TPSA) is 26.0 Å². The van der Waals surface area contributed by atoms with E-state index >= 15 is 0 Å². The third-order valence-corrected chi connectivity index (χ3v) is 1.99. The molecule has 0 aliphatic rings. The van der Waals surface area contributed by atoms with Crippen molar-refractivity contribution < 1.29 is 13.2 Å². The van der Waals surface area contributed by atoms with Crippen LogP contribution in [0.4, 0.5) is 13.2 Å². The Morgan fingerprint density at radius 1 is 1.17 bits per heavy atom. The van der Waals surface area contributed by atoms with Gasteiger partial charge in [-0.25, -0.2) is 0 Å². The average molecular weight is 183 g/mol. The molecule has 74 valence electrons. The minimum atomic E-state index is -4.10. The molecule has 0 fully saturated rings. The van der Waals surface area contributed by atoms with Crippen molar-refractivity contribution in [3.63, 3.8) is 0 Å². The molecule has 0 aromatic rings. The molecule has 0 saturated heterocycles. The number of rotatable bonds is 2. The molecule has 1 unspecified atom stereocenters. The second kappa shape index (κ2) is 3.64. The lowest BCUT2D eigenvalue weighted by atomic mass is 9.79. The lowest BCUT2D eigenvalue weighted by Gasteiger charge is -2.30. The Labute approximate surface area is 71.1 Å². The van der Waals surface area contributed by atoms with Crippen molar-refractivity contribution in [3.8, 4) is 0 Å². The van der Waals surface area contributed by atoms with Crippen LogP contribution in [0, 0.1) is 11.3 Å². The van der Waals surface area contributed by atoms with Crippen LogP contribution in [0.15, 0.2) is 0 Å². The van der Waals surface area contributed by atoms with Gasteiger partial charge in [0.05, 0.1) is 0 Å². The summed E-state index contributed by atoms with van der Waals surface area (Å²) in [6.07, 6.45) is -4.88. The quantitative estimate of drug-likeness (QED) is 0.699. The summed E-state index contributed by atoms with van der Waals surface area (Å²) in [7, 11) is 0. The average Bonchev–Trinajstić information content (AvgIpc) is 1.78. The third-order valence-electron chi connectivity index (χ3n) is 1.99. The summed E-state index contributed by atoms with van der Waals surface area (Å²) in [5, 5.41) is 0. The van der Waals surface area contributed by atoms with E-state index in [4.69, 9.17) is 5.73 Å². The van der Waals surface area contributed by atoms with Crippen molar-refractivity contribution in [3.05, 3.63) is 0 Å². The Bertz CT molecular complexity index is 134. The minimum absolute atomic E-state index is 0.0863. The van der Waals surface area contributed by atoms with Gasteiger partial charge in [-0.05, 0) is 17.9 Å². The van der Waals surface area contributed by atoms with Crippen molar-refractivity contribution in [2.75, 3.05) is 6.54 Å². The fraction of sp³-hybridized carbons (Fsp3) is 1.00. The van der Waals surface area contributed by atoms with E-state index in [0.717, 1.165) is 0 Å². The molecule has 0 radical (unpaired) electrons. The van der Waals surface area contributed by atoms with Crippen LogP contribution in [0.2, 0.25) is 0 Å². The summed E-state index contributed by atoms with van der Waals surface area (Å²) in [4.78, 5) is 0. The maximum atomic E-state index is 12.0. The number of alkyl halides is 3. The number of nitrogens with two attached hydrogens (primary N) is 1. The van der Waals surface area contributed by atoms with Crippen LogP contribution in [0.5, 0.6) is 0 Å². The van der Waals surface area contributed by atoms with E-state index in [1.807, 2.05) is 0 Å². The minimum Gasteiger partial charge on any atom is -0.330 e. The molecule has 0 bridgehead atoms. The van der Waals surface area contributed by atoms with Crippen LogP contribution in [0.3, 0.4) is 0 Å². The summed E-state index contributed by atoms with van der Waals surface area (Å²) < 4.78 is 35.9. The van der Waals surface area contributed by atoms with E-state index in [-0.39, 0.29) is 12.0 Å². The molecule has 12 heavy (non-hydrogen) atoms. The van der Waals surface area contributed by atoms with Gasteiger partial charge in [0.15, 0.2) is 0 Å². The van der Waals surface area contributed by atoms with Crippen LogP contribution in [0.25, 0.3) is 0 Å². The molecule has 0 rings (SSSR count). The fourth-order valence-electron chi connectivity index (χ4n) is 1.02. The number of hydrogen-bond acceptors (Lipinski definition) is 1. The Hall–Kier alpha value is -0.250. The van der Waals surface area contributed by atoms with Gasteiger partial charge in [-0.15, -0.1) is 0 Å². The van der Waals surface area contributed by atoms with Crippen molar-refractivity contribution in [1.82, 2.24) is 0 Å². The standard InChI is InChI=1S/C8H16F3N/c1-7(2,3)6(5-12)4-8(9,10)11/h6H,4-5,12H2,1-3H3. The Balaban J connectivity index is 4.20. The summed E-state index contributed by atoms with van der Waals surface area (Å²) >= 11 is 0. The molecule has 1 atom stereocenters. The van der Waals surface area contributed by atoms with E-state index in [1.165, 1.54) is 0 Å². The van der Waals surface area contributed by atoms with Gasteiger partial charge in [-0.1, -0.05) is 20.8 Å². The fourth-order valence-corrected chi connectivity index (χ4v) is 1.02. The van der Waals surface area contributed by atoms with Crippen molar-refractivity contribution in [2.24, 2.45) is 17.1 Å².